The van der Waals surface area contributed by atoms with E-state index in [0.717, 1.165) is 18.1 Å². The van der Waals surface area contributed by atoms with Gasteiger partial charge in [-0.3, -0.25) is 0 Å². The predicted molar refractivity (Wildman–Crippen MR) is 70.3 cm³/mol. The van der Waals surface area contributed by atoms with Gasteiger partial charge in [0.1, 0.15) is 5.01 Å². The van der Waals surface area contributed by atoms with Crippen LogP contribution < -0.4 is 5.32 Å². The highest BCUT2D eigenvalue weighted by molar-refractivity contribution is 7.11. The highest BCUT2D eigenvalue weighted by Gasteiger charge is 2.32. The van der Waals surface area contributed by atoms with Crippen molar-refractivity contribution >= 4 is 22.9 Å². The third kappa shape index (κ3) is 2.58. The van der Waals surface area contributed by atoms with E-state index in [0.29, 0.717) is 0 Å². The van der Waals surface area contributed by atoms with Crippen molar-refractivity contribution in [2.45, 2.75) is 51.6 Å². The monoisotopic (exact) mass is 258 g/mol. The van der Waals surface area contributed by atoms with Gasteiger partial charge in [0.15, 0.2) is 0 Å². The molecule has 1 N–H and O–H groups in total. The van der Waals surface area contributed by atoms with Gasteiger partial charge in [-0.25, -0.2) is 4.98 Å². The number of aromatic nitrogens is 1. The molecule has 16 heavy (non-hydrogen) atoms. The number of thiazole rings is 1. The number of alkyl halides is 1. The summed E-state index contributed by atoms with van der Waals surface area (Å²) in [6, 6.07) is 0. The van der Waals surface area contributed by atoms with E-state index < -0.39 is 0 Å². The lowest BCUT2D eigenvalue weighted by molar-refractivity contribution is 0.367. The van der Waals surface area contributed by atoms with Crippen molar-refractivity contribution in [2.24, 2.45) is 0 Å². The van der Waals surface area contributed by atoms with Gasteiger partial charge in [0.05, 0.1) is 5.69 Å². The summed E-state index contributed by atoms with van der Waals surface area (Å²) in [4.78, 5) is 5.87. The summed E-state index contributed by atoms with van der Waals surface area (Å²) < 4.78 is 0. The molecule has 0 amide bonds. The van der Waals surface area contributed by atoms with Gasteiger partial charge in [-0.1, -0.05) is 12.8 Å². The molecule has 0 spiro atoms. The second kappa shape index (κ2) is 5.03. The zero-order chi connectivity index (χ0) is 11.6. The third-order valence-electron chi connectivity index (χ3n) is 3.50. The summed E-state index contributed by atoms with van der Waals surface area (Å²) in [5, 5.41) is 4.80. The molecule has 1 aliphatic carbocycles. The molecule has 1 aromatic rings. The summed E-state index contributed by atoms with van der Waals surface area (Å²) in [5.74, 6) is 0.719. The normalized spacial score (nSPS) is 19.2. The molecular formula is C12H19ClN2S. The number of halogens is 1. The lowest BCUT2D eigenvalue weighted by atomic mass is 10.0. The van der Waals surface area contributed by atoms with Crippen LogP contribution in [-0.2, 0) is 6.54 Å². The molecule has 1 heterocycles. The molecule has 1 saturated carbocycles. The number of hydrogen-bond acceptors (Lipinski definition) is 3. The van der Waals surface area contributed by atoms with Crippen LogP contribution >= 0.6 is 22.9 Å². The van der Waals surface area contributed by atoms with Crippen LogP contribution in [0.3, 0.4) is 0 Å². The number of aryl methyl sites for hydroxylation is 2. The Kier molecular flexibility index (Phi) is 3.88. The van der Waals surface area contributed by atoms with Gasteiger partial charge in [-0.05, 0) is 26.7 Å². The Morgan fingerprint density at radius 2 is 2.06 bits per heavy atom. The van der Waals surface area contributed by atoms with Crippen LogP contribution in [0.1, 0.15) is 41.3 Å². The molecule has 2 nitrogen and oxygen atoms in total. The molecule has 0 unspecified atom stereocenters. The smallest absolute Gasteiger partial charge is 0.107 e. The first-order valence-corrected chi connectivity index (χ1v) is 7.24. The number of rotatable bonds is 4. The standard InChI is InChI=1S/C12H19ClN2S/c1-9-10(2)16-11(15-9)7-14-12(8-13)5-3-4-6-12/h14H,3-8H2,1-2H3. The largest absolute Gasteiger partial charge is 0.304 e. The van der Waals surface area contributed by atoms with Crippen LogP contribution in [0.25, 0.3) is 0 Å². The first-order chi connectivity index (χ1) is 7.65. The Bertz CT molecular complexity index is 336. The predicted octanol–water partition coefficient (Wildman–Crippen LogP) is 3.40. The van der Waals surface area contributed by atoms with E-state index in [9.17, 15) is 0 Å². The van der Waals surface area contributed by atoms with Gasteiger partial charge in [-0.15, -0.1) is 22.9 Å². The fourth-order valence-corrected chi connectivity index (χ4v) is 3.52. The Morgan fingerprint density at radius 1 is 1.38 bits per heavy atom. The minimum absolute atomic E-state index is 0.176. The van der Waals surface area contributed by atoms with Crippen LogP contribution in [0.2, 0.25) is 0 Å². The van der Waals surface area contributed by atoms with E-state index in [1.165, 1.54) is 35.6 Å². The Hall–Kier alpha value is -0.120. The molecule has 1 aromatic heterocycles. The van der Waals surface area contributed by atoms with Crippen LogP contribution in [0, 0.1) is 13.8 Å². The molecule has 1 fully saturated rings. The molecule has 0 aromatic carbocycles. The van der Waals surface area contributed by atoms with Crippen LogP contribution in [0.4, 0.5) is 0 Å². The number of nitrogens with zero attached hydrogens (tertiary/aromatic N) is 1. The highest BCUT2D eigenvalue weighted by Crippen LogP contribution is 2.31. The van der Waals surface area contributed by atoms with Crippen molar-refractivity contribution in [3.8, 4) is 0 Å². The van der Waals surface area contributed by atoms with Gasteiger partial charge >= 0.3 is 0 Å². The molecule has 0 bridgehead atoms. The van der Waals surface area contributed by atoms with E-state index >= 15 is 0 Å². The van der Waals surface area contributed by atoms with Crippen molar-refractivity contribution in [1.82, 2.24) is 10.3 Å². The summed E-state index contributed by atoms with van der Waals surface area (Å²) in [7, 11) is 0. The molecule has 0 aliphatic heterocycles. The fraction of sp³-hybridized carbons (Fsp3) is 0.750. The fourth-order valence-electron chi connectivity index (χ4n) is 2.29. The molecule has 0 saturated heterocycles. The lowest BCUT2D eigenvalue weighted by Crippen LogP contribution is -2.43. The van der Waals surface area contributed by atoms with E-state index in [-0.39, 0.29) is 5.54 Å². The average Bonchev–Trinajstić information content (AvgIpc) is 2.85. The molecule has 1 aliphatic rings. The Morgan fingerprint density at radius 3 is 2.56 bits per heavy atom. The van der Waals surface area contributed by atoms with Crippen LogP contribution in [0.15, 0.2) is 0 Å². The second-order valence-electron chi connectivity index (χ2n) is 4.72. The maximum absolute atomic E-state index is 6.09. The van der Waals surface area contributed by atoms with E-state index in [4.69, 9.17) is 11.6 Å². The molecule has 90 valence electrons. The highest BCUT2D eigenvalue weighted by atomic mass is 35.5. The van der Waals surface area contributed by atoms with Gasteiger partial charge in [0, 0.05) is 22.8 Å². The topological polar surface area (TPSA) is 24.9 Å². The average molecular weight is 259 g/mol. The maximum atomic E-state index is 6.09. The molecular weight excluding hydrogens is 240 g/mol. The second-order valence-corrected chi connectivity index (χ2v) is 6.28. The molecule has 0 radical (unpaired) electrons. The van der Waals surface area contributed by atoms with Crippen molar-refractivity contribution in [1.29, 1.82) is 0 Å². The SMILES string of the molecule is Cc1nc(CNC2(CCl)CCCC2)sc1C. The zero-order valence-electron chi connectivity index (χ0n) is 9.98. The minimum Gasteiger partial charge on any atom is -0.304 e. The van der Waals surface area contributed by atoms with Crippen molar-refractivity contribution in [3.05, 3.63) is 15.6 Å². The summed E-state index contributed by atoms with van der Waals surface area (Å²) >= 11 is 7.88. The van der Waals surface area contributed by atoms with Gasteiger partial charge in [-0.2, -0.15) is 0 Å². The van der Waals surface area contributed by atoms with Gasteiger partial charge in [0.25, 0.3) is 0 Å². The maximum Gasteiger partial charge on any atom is 0.107 e. The first kappa shape index (κ1) is 12.3. The van der Waals surface area contributed by atoms with Gasteiger partial charge in [0.2, 0.25) is 0 Å². The van der Waals surface area contributed by atoms with Gasteiger partial charge < -0.3 is 5.32 Å². The molecule has 2 rings (SSSR count). The lowest BCUT2D eigenvalue weighted by Gasteiger charge is -2.27. The van der Waals surface area contributed by atoms with Crippen molar-refractivity contribution < 1.29 is 0 Å². The Labute approximate surface area is 106 Å². The molecule has 0 atom stereocenters. The zero-order valence-corrected chi connectivity index (χ0v) is 11.5. The quantitative estimate of drug-likeness (QED) is 0.838. The van der Waals surface area contributed by atoms with E-state index in [1.807, 2.05) is 0 Å². The van der Waals surface area contributed by atoms with E-state index in [1.54, 1.807) is 11.3 Å². The summed E-state index contributed by atoms with van der Waals surface area (Å²) in [5.41, 5.74) is 1.34. The summed E-state index contributed by atoms with van der Waals surface area (Å²) in [6.45, 7) is 5.07. The summed E-state index contributed by atoms with van der Waals surface area (Å²) in [6.07, 6.45) is 5.02. The minimum atomic E-state index is 0.176. The van der Waals surface area contributed by atoms with Crippen molar-refractivity contribution in [3.63, 3.8) is 0 Å². The number of hydrogen-bond donors (Lipinski definition) is 1. The first-order valence-electron chi connectivity index (χ1n) is 5.89. The Balaban J connectivity index is 1.95. The molecule has 4 heteroatoms. The number of nitrogens with one attached hydrogen (secondary N) is 1. The van der Waals surface area contributed by atoms with Crippen LogP contribution in [0.5, 0.6) is 0 Å². The van der Waals surface area contributed by atoms with Crippen LogP contribution in [-0.4, -0.2) is 16.4 Å². The third-order valence-corrected chi connectivity index (χ3v) is 5.09. The van der Waals surface area contributed by atoms with Crippen molar-refractivity contribution in [2.75, 3.05) is 5.88 Å². The van der Waals surface area contributed by atoms with E-state index in [2.05, 4.69) is 24.1 Å².